The zero-order chi connectivity index (χ0) is 28.7. The molecule has 0 aliphatic heterocycles. The lowest BCUT2D eigenvalue weighted by molar-refractivity contribution is -0.142. The summed E-state index contributed by atoms with van der Waals surface area (Å²) in [4.78, 5) is 75.6. The second-order valence-electron chi connectivity index (χ2n) is 8.81. The predicted octanol–water partition coefficient (Wildman–Crippen LogP) is -3.31. The fourth-order valence-corrected chi connectivity index (χ4v) is 3.11. The standard InChI is InChI=1S/C21H38N8O8/c1-10(2)8-13(28-17(33)11(22)5-6-16(31)32)18(34)29-14(9-15(23)30)19(35)27-12(20(36)37)4-3-7-26-21(24)25/h10-14H,3-9,22H2,1-2H3,(H2,23,30)(H,27,35)(H,28,33)(H,29,34)(H,31,32)(H,36,37)(H4,24,25,26). The highest BCUT2D eigenvalue weighted by molar-refractivity contribution is 5.96. The molecule has 0 aromatic carbocycles. The van der Waals surface area contributed by atoms with E-state index in [-0.39, 0.29) is 50.5 Å². The van der Waals surface area contributed by atoms with Crippen LogP contribution in [-0.4, -0.2) is 82.5 Å². The first kappa shape index (κ1) is 33.0. The van der Waals surface area contributed by atoms with E-state index in [2.05, 4.69) is 20.9 Å². The number of rotatable bonds is 18. The number of hydrogen-bond acceptors (Lipinski definition) is 8. The third kappa shape index (κ3) is 14.9. The molecule has 0 aromatic rings. The van der Waals surface area contributed by atoms with E-state index in [0.717, 1.165) is 0 Å². The number of aliphatic imine (C=N–C) groups is 1. The van der Waals surface area contributed by atoms with Crippen LogP contribution in [0.4, 0.5) is 0 Å². The quantitative estimate of drug-likeness (QED) is 0.0480. The zero-order valence-corrected chi connectivity index (χ0v) is 20.9. The molecule has 0 aliphatic carbocycles. The number of guanidine groups is 1. The van der Waals surface area contributed by atoms with E-state index in [1.807, 2.05) is 0 Å². The summed E-state index contributed by atoms with van der Waals surface area (Å²) in [7, 11) is 0. The van der Waals surface area contributed by atoms with Gasteiger partial charge in [-0.2, -0.15) is 0 Å². The maximum absolute atomic E-state index is 12.9. The number of carbonyl (C=O) groups excluding carboxylic acids is 4. The number of carboxylic acid groups (broad SMARTS) is 2. The summed E-state index contributed by atoms with van der Waals surface area (Å²) in [6, 6.07) is -5.27. The maximum Gasteiger partial charge on any atom is 0.326 e. The number of primary amides is 1. The lowest BCUT2D eigenvalue weighted by Gasteiger charge is -2.25. The van der Waals surface area contributed by atoms with Crippen molar-refractivity contribution in [2.45, 2.75) is 76.5 Å². The summed E-state index contributed by atoms with van der Waals surface area (Å²) >= 11 is 0. The molecule has 4 unspecified atom stereocenters. The average molecular weight is 531 g/mol. The highest BCUT2D eigenvalue weighted by Gasteiger charge is 2.31. The zero-order valence-electron chi connectivity index (χ0n) is 20.9. The number of carboxylic acids is 2. The predicted molar refractivity (Wildman–Crippen MR) is 131 cm³/mol. The van der Waals surface area contributed by atoms with Crippen molar-refractivity contribution in [1.29, 1.82) is 0 Å². The van der Waals surface area contributed by atoms with Crippen LogP contribution < -0.4 is 38.9 Å². The van der Waals surface area contributed by atoms with Crippen LogP contribution in [-0.2, 0) is 28.8 Å². The van der Waals surface area contributed by atoms with Gasteiger partial charge in [-0.25, -0.2) is 4.79 Å². The van der Waals surface area contributed by atoms with E-state index in [9.17, 15) is 33.9 Å². The van der Waals surface area contributed by atoms with E-state index in [0.29, 0.717) is 0 Å². The Balaban J connectivity index is 5.48. The molecule has 210 valence electrons. The molecule has 0 heterocycles. The lowest BCUT2D eigenvalue weighted by Crippen LogP contribution is -2.58. The van der Waals surface area contributed by atoms with Gasteiger partial charge in [-0.1, -0.05) is 13.8 Å². The fourth-order valence-electron chi connectivity index (χ4n) is 3.11. The van der Waals surface area contributed by atoms with Crippen LogP contribution in [0.25, 0.3) is 0 Å². The van der Waals surface area contributed by atoms with Crippen molar-refractivity contribution >= 4 is 41.5 Å². The van der Waals surface area contributed by atoms with Crippen molar-refractivity contribution in [1.82, 2.24) is 16.0 Å². The van der Waals surface area contributed by atoms with Gasteiger partial charge in [-0.05, 0) is 31.6 Å². The Labute approximate surface area is 214 Å². The van der Waals surface area contributed by atoms with Crippen LogP contribution in [0.3, 0.4) is 0 Å². The average Bonchev–Trinajstić information content (AvgIpc) is 2.77. The molecule has 16 nitrogen and oxygen atoms in total. The van der Waals surface area contributed by atoms with Gasteiger partial charge in [-0.3, -0.25) is 29.0 Å². The van der Waals surface area contributed by atoms with E-state index in [1.54, 1.807) is 13.8 Å². The number of hydrogen-bond donors (Lipinski definition) is 9. The minimum Gasteiger partial charge on any atom is -0.481 e. The summed E-state index contributed by atoms with van der Waals surface area (Å²) in [5, 5.41) is 25.2. The molecule has 0 saturated carbocycles. The summed E-state index contributed by atoms with van der Waals surface area (Å²) in [5.74, 6) is -6.31. The first-order valence-electron chi connectivity index (χ1n) is 11.6. The normalized spacial score (nSPS) is 13.9. The van der Waals surface area contributed by atoms with Crippen LogP contribution in [0.1, 0.15) is 52.4 Å². The van der Waals surface area contributed by atoms with Crippen molar-refractivity contribution in [3.05, 3.63) is 0 Å². The van der Waals surface area contributed by atoms with Crippen LogP contribution in [0, 0.1) is 5.92 Å². The molecule has 0 rings (SSSR count). The Kier molecular flexibility index (Phi) is 14.9. The Morgan fingerprint density at radius 3 is 1.84 bits per heavy atom. The summed E-state index contributed by atoms with van der Waals surface area (Å²) in [5.41, 5.74) is 21.3. The topological polar surface area (TPSA) is 295 Å². The van der Waals surface area contributed by atoms with Crippen molar-refractivity contribution in [3.63, 3.8) is 0 Å². The molecule has 0 saturated heterocycles. The number of nitrogens with one attached hydrogen (secondary N) is 3. The second kappa shape index (κ2) is 16.7. The SMILES string of the molecule is CC(C)CC(NC(=O)C(N)CCC(=O)O)C(=O)NC(CC(N)=O)C(=O)NC(CCCN=C(N)N)C(=O)O. The molecular weight excluding hydrogens is 492 g/mol. The van der Waals surface area contributed by atoms with Crippen LogP contribution in [0.2, 0.25) is 0 Å². The molecular formula is C21H38N8O8. The van der Waals surface area contributed by atoms with Gasteiger partial charge < -0.3 is 49.1 Å². The van der Waals surface area contributed by atoms with Gasteiger partial charge in [-0.15, -0.1) is 0 Å². The number of nitrogens with zero attached hydrogens (tertiary/aromatic N) is 1. The molecule has 0 radical (unpaired) electrons. The molecule has 16 heteroatoms. The van der Waals surface area contributed by atoms with Gasteiger partial charge in [0.25, 0.3) is 0 Å². The van der Waals surface area contributed by atoms with E-state index in [4.69, 9.17) is 28.0 Å². The molecule has 37 heavy (non-hydrogen) atoms. The van der Waals surface area contributed by atoms with Crippen LogP contribution in [0.5, 0.6) is 0 Å². The first-order chi connectivity index (χ1) is 17.1. The first-order valence-corrected chi connectivity index (χ1v) is 11.6. The van der Waals surface area contributed by atoms with Crippen molar-refractivity contribution < 1.29 is 39.0 Å². The minimum atomic E-state index is -1.53. The summed E-state index contributed by atoms with van der Waals surface area (Å²) in [6.07, 6.45) is -0.867. The van der Waals surface area contributed by atoms with E-state index < -0.39 is 66.2 Å². The van der Waals surface area contributed by atoms with Crippen molar-refractivity contribution in [2.75, 3.05) is 6.54 Å². The number of aliphatic carboxylic acids is 2. The van der Waals surface area contributed by atoms with Crippen molar-refractivity contribution in [2.24, 2.45) is 33.8 Å². The Morgan fingerprint density at radius 1 is 0.811 bits per heavy atom. The molecule has 0 bridgehead atoms. The molecule has 0 aliphatic rings. The van der Waals surface area contributed by atoms with Gasteiger partial charge in [0, 0.05) is 13.0 Å². The second-order valence-corrected chi connectivity index (χ2v) is 8.81. The Hall–Kier alpha value is -3.95. The molecule has 4 amide bonds. The van der Waals surface area contributed by atoms with Gasteiger partial charge in [0.2, 0.25) is 23.6 Å². The highest BCUT2D eigenvalue weighted by atomic mass is 16.4. The largest absolute Gasteiger partial charge is 0.481 e. The number of amides is 4. The fraction of sp³-hybridized carbons (Fsp3) is 0.667. The van der Waals surface area contributed by atoms with Gasteiger partial charge >= 0.3 is 11.9 Å². The smallest absolute Gasteiger partial charge is 0.326 e. The molecule has 0 aromatic heterocycles. The third-order valence-electron chi connectivity index (χ3n) is 4.94. The number of nitrogens with two attached hydrogens (primary N) is 4. The minimum absolute atomic E-state index is 0.0463. The van der Waals surface area contributed by atoms with Gasteiger partial charge in [0.15, 0.2) is 5.96 Å². The van der Waals surface area contributed by atoms with Crippen LogP contribution in [0.15, 0.2) is 4.99 Å². The van der Waals surface area contributed by atoms with Gasteiger partial charge in [0.05, 0.1) is 12.5 Å². The molecule has 13 N–H and O–H groups in total. The summed E-state index contributed by atoms with van der Waals surface area (Å²) in [6.45, 7) is 3.66. The van der Waals surface area contributed by atoms with Gasteiger partial charge in [0.1, 0.15) is 18.1 Å². The molecule has 0 spiro atoms. The van der Waals surface area contributed by atoms with Crippen molar-refractivity contribution in [3.8, 4) is 0 Å². The molecule has 0 fully saturated rings. The number of carbonyl (C=O) groups is 6. The Bertz CT molecular complexity index is 859. The highest BCUT2D eigenvalue weighted by Crippen LogP contribution is 2.08. The van der Waals surface area contributed by atoms with E-state index >= 15 is 0 Å². The lowest BCUT2D eigenvalue weighted by atomic mass is 10.0. The van der Waals surface area contributed by atoms with E-state index in [1.165, 1.54) is 0 Å². The Morgan fingerprint density at radius 2 is 1.35 bits per heavy atom. The summed E-state index contributed by atoms with van der Waals surface area (Å²) < 4.78 is 0. The third-order valence-corrected chi connectivity index (χ3v) is 4.94. The molecule has 4 atom stereocenters. The van der Waals surface area contributed by atoms with Crippen LogP contribution >= 0.6 is 0 Å². The maximum atomic E-state index is 12.9. The monoisotopic (exact) mass is 530 g/mol.